The predicted molar refractivity (Wildman–Crippen MR) is 108 cm³/mol. The lowest BCUT2D eigenvalue weighted by Crippen LogP contribution is -2.13. The van der Waals surface area contributed by atoms with Crippen LogP contribution in [0, 0.1) is 0 Å². The van der Waals surface area contributed by atoms with Crippen LogP contribution in [0.5, 0.6) is 0 Å². The standard InChI is InChI=1S/C22H30N2/c1-8-21(15-13-18(3)19(4)23(5)6)22-12-10-11-20(14-16-22)17-24(7)9-2/h8-10,12-16H,2-4,11,17H2,1,5-7H3/b15-13-,21-8+. The minimum absolute atomic E-state index is 0.901. The minimum Gasteiger partial charge on any atom is -0.378 e. The Morgan fingerprint density at radius 3 is 2.46 bits per heavy atom. The molecular weight excluding hydrogens is 292 g/mol. The summed E-state index contributed by atoms with van der Waals surface area (Å²) < 4.78 is 0. The summed E-state index contributed by atoms with van der Waals surface area (Å²) in [5, 5.41) is 0. The molecule has 0 spiro atoms. The zero-order valence-corrected chi connectivity index (χ0v) is 15.5. The number of likely N-dealkylation sites (N-methyl/N-ethyl adjacent to an activating group) is 2. The molecule has 1 aliphatic carbocycles. The third-order valence-corrected chi connectivity index (χ3v) is 3.96. The van der Waals surface area contributed by atoms with Crippen LogP contribution in [0.3, 0.4) is 0 Å². The Hall–Kier alpha value is -2.48. The first-order chi connectivity index (χ1) is 11.4. The molecule has 0 unspecified atom stereocenters. The molecule has 2 nitrogen and oxygen atoms in total. The zero-order valence-electron chi connectivity index (χ0n) is 15.5. The van der Waals surface area contributed by atoms with Gasteiger partial charge < -0.3 is 9.80 Å². The second-order valence-corrected chi connectivity index (χ2v) is 6.09. The van der Waals surface area contributed by atoms with Crippen molar-refractivity contribution in [3.8, 4) is 0 Å². The Morgan fingerprint density at radius 1 is 1.17 bits per heavy atom. The quantitative estimate of drug-likeness (QED) is 0.580. The highest BCUT2D eigenvalue weighted by atomic mass is 15.1. The van der Waals surface area contributed by atoms with E-state index in [0.717, 1.165) is 24.2 Å². The monoisotopic (exact) mass is 322 g/mol. The molecule has 0 fully saturated rings. The molecule has 24 heavy (non-hydrogen) atoms. The van der Waals surface area contributed by atoms with Crippen molar-refractivity contribution in [3.63, 3.8) is 0 Å². The summed E-state index contributed by atoms with van der Waals surface area (Å²) in [5.74, 6) is 0. The maximum absolute atomic E-state index is 4.08. The third kappa shape index (κ3) is 5.96. The summed E-state index contributed by atoms with van der Waals surface area (Å²) in [6.07, 6.45) is 17.8. The largest absolute Gasteiger partial charge is 0.378 e. The molecule has 0 saturated carbocycles. The van der Waals surface area contributed by atoms with Gasteiger partial charge in [0.05, 0.1) is 0 Å². The number of allylic oxidation sites excluding steroid dienone is 9. The van der Waals surface area contributed by atoms with Crippen LogP contribution >= 0.6 is 0 Å². The predicted octanol–water partition coefficient (Wildman–Crippen LogP) is 5.01. The molecule has 128 valence electrons. The summed E-state index contributed by atoms with van der Waals surface area (Å²) >= 11 is 0. The lowest BCUT2D eigenvalue weighted by molar-refractivity contribution is 0.495. The Labute approximate surface area is 147 Å². The SMILES string of the molecule is C=CN(C)CC1=CC=C(C(/C=C\C(=C)C(=C)N(C)C)=C/C)C=CC1. The van der Waals surface area contributed by atoms with Crippen molar-refractivity contribution in [1.82, 2.24) is 9.80 Å². The zero-order chi connectivity index (χ0) is 18.1. The molecule has 0 N–H and O–H groups in total. The fourth-order valence-electron chi connectivity index (χ4n) is 2.30. The van der Waals surface area contributed by atoms with E-state index in [2.05, 4.69) is 68.0 Å². The molecule has 0 aromatic rings. The lowest BCUT2D eigenvalue weighted by atomic mass is 10.0. The van der Waals surface area contributed by atoms with E-state index >= 15 is 0 Å². The van der Waals surface area contributed by atoms with Gasteiger partial charge in [0.2, 0.25) is 0 Å². The molecule has 0 aliphatic heterocycles. The summed E-state index contributed by atoms with van der Waals surface area (Å²) in [6.45, 7) is 14.9. The molecule has 0 amide bonds. The van der Waals surface area contributed by atoms with Crippen molar-refractivity contribution >= 4 is 0 Å². The van der Waals surface area contributed by atoms with Gasteiger partial charge in [-0.2, -0.15) is 0 Å². The first-order valence-corrected chi connectivity index (χ1v) is 8.18. The van der Waals surface area contributed by atoms with Crippen molar-refractivity contribution in [2.75, 3.05) is 27.7 Å². The normalized spacial score (nSPS) is 14.8. The van der Waals surface area contributed by atoms with Crippen LogP contribution in [0.25, 0.3) is 0 Å². The van der Waals surface area contributed by atoms with E-state index in [1.165, 1.54) is 16.7 Å². The Balaban J connectivity index is 2.91. The maximum Gasteiger partial charge on any atom is 0.0386 e. The molecule has 0 bridgehead atoms. The van der Waals surface area contributed by atoms with E-state index in [-0.39, 0.29) is 0 Å². The summed E-state index contributed by atoms with van der Waals surface area (Å²) in [4.78, 5) is 4.06. The van der Waals surface area contributed by atoms with Crippen molar-refractivity contribution in [3.05, 3.63) is 96.5 Å². The molecule has 0 radical (unpaired) electrons. The molecule has 0 aromatic heterocycles. The van der Waals surface area contributed by atoms with Gasteiger partial charge in [-0.3, -0.25) is 0 Å². The lowest BCUT2D eigenvalue weighted by Gasteiger charge is -2.15. The fraction of sp³-hybridized carbons (Fsp3) is 0.273. The van der Waals surface area contributed by atoms with E-state index < -0.39 is 0 Å². The van der Waals surface area contributed by atoms with E-state index in [1.54, 1.807) is 0 Å². The van der Waals surface area contributed by atoms with Crippen molar-refractivity contribution in [2.45, 2.75) is 13.3 Å². The third-order valence-electron chi connectivity index (χ3n) is 3.96. The van der Waals surface area contributed by atoms with Gasteiger partial charge in [0, 0.05) is 33.4 Å². The minimum atomic E-state index is 0.901. The topological polar surface area (TPSA) is 6.48 Å². The average Bonchev–Trinajstić information content (AvgIpc) is 2.80. The Morgan fingerprint density at radius 2 is 1.88 bits per heavy atom. The first kappa shape index (κ1) is 19.6. The maximum atomic E-state index is 4.08. The molecular formula is C22H30N2. The van der Waals surface area contributed by atoms with Crippen LogP contribution in [-0.4, -0.2) is 37.5 Å². The van der Waals surface area contributed by atoms with Gasteiger partial charge >= 0.3 is 0 Å². The number of nitrogens with zero attached hydrogens (tertiary/aromatic N) is 2. The van der Waals surface area contributed by atoms with Crippen LogP contribution in [0.1, 0.15) is 13.3 Å². The van der Waals surface area contributed by atoms with Gasteiger partial charge in [0.25, 0.3) is 0 Å². The highest BCUT2D eigenvalue weighted by Gasteiger charge is 2.04. The van der Waals surface area contributed by atoms with Gasteiger partial charge in [0.15, 0.2) is 0 Å². The molecule has 0 atom stereocenters. The van der Waals surface area contributed by atoms with Gasteiger partial charge in [-0.25, -0.2) is 0 Å². The van der Waals surface area contributed by atoms with Crippen LogP contribution in [0.2, 0.25) is 0 Å². The summed E-state index contributed by atoms with van der Waals surface area (Å²) in [7, 11) is 5.98. The van der Waals surface area contributed by atoms with Gasteiger partial charge in [0.1, 0.15) is 0 Å². The second kappa shape index (κ2) is 9.61. The average molecular weight is 322 g/mol. The highest BCUT2D eigenvalue weighted by Crippen LogP contribution is 2.20. The van der Waals surface area contributed by atoms with Crippen molar-refractivity contribution in [2.24, 2.45) is 0 Å². The highest BCUT2D eigenvalue weighted by molar-refractivity contribution is 5.51. The number of rotatable bonds is 8. The van der Waals surface area contributed by atoms with Gasteiger partial charge in [-0.05, 0) is 41.8 Å². The molecule has 1 aliphatic rings. The van der Waals surface area contributed by atoms with Gasteiger partial charge in [-0.15, -0.1) is 0 Å². The number of hydrogen-bond acceptors (Lipinski definition) is 2. The van der Waals surface area contributed by atoms with Crippen LogP contribution in [-0.2, 0) is 0 Å². The summed E-state index contributed by atoms with van der Waals surface area (Å²) in [5.41, 5.74) is 5.58. The van der Waals surface area contributed by atoms with E-state index in [1.807, 2.05) is 38.3 Å². The molecule has 1 rings (SSSR count). The van der Waals surface area contributed by atoms with E-state index in [9.17, 15) is 0 Å². The van der Waals surface area contributed by atoms with Gasteiger partial charge in [-0.1, -0.05) is 62.3 Å². The fourth-order valence-corrected chi connectivity index (χ4v) is 2.30. The first-order valence-electron chi connectivity index (χ1n) is 8.18. The Kier molecular flexibility index (Phi) is 7.84. The van der Waals surface area contributed by atoms with Crippen molar-refractivity contribution in [1.29, 1.82) is 0 Å². The molecule has 0 aromatic carbocycles. The number of hydrogen-bond donors (Lipinski definition) is 0. The summed E-state index contributed by atoms with van der Waals surface area (Å²) in [6, 6.07) is 0. The van der Waals surface area contributed by atoms with Crippen molar-refractivity contribution < 1.29 is 0 Å². The smallest absolute Gasteiger partial charge is 0.0386 e. The molecule has 2 heteroatoms. The second-order valence-electron chi connectivity index (χ2n) is 6.09. The molecule has 0 heterocycles. The van der Waals surface area contributed by atoms with E-state index in [4.69, 9.17) is 0 Å². The van der Waals surface area contributed by atoms with E-state index in [0.29, 0.717) is 0 Å². The molecule has 0 saturated heterocycles. The van der Waals surface area contributed by atoms with Crippen LogP contribution in [0.4, 0.5) is 0 Å². The van der Waals surface area contributed by atoms with Crippen LogP contribution in [0.15, 0.2) is 96.5 Å². The van der Waals surface area contributed by atoms with Crippen LogP contribution < -0.4 is 0 Å². The Bertz CT molecular complexity index is 637.